The SMILES string of the molecule is Cc1cc(C(=O)NC2CC(=O)NC2=O)c(C)n1-c1ccc2c(c1)OCCO2. The number of carbonyl (C=O) groups is 3. The Morgan fingerprint density at radius 1 is 1.15 bits per heavy atom. The molecule has 1 unspecified atom stereocenters. The lowest BCUT2D eigenvalue weighted by atomic mass is 10.2. The Morgan fingerprint density at radius 3 is 2.59 bits per heavy atom. The van der Waals surface area contributed by atoms with Crippen LogP contribution in [-0.2, 0) is 9.59 Å². The van der Waals surface area contributed by atoms with E-state index in [-0.39, 0.29) is 18.2 Å². The Morgan fingerprint density at radius 2 is 1.89 bits per heavy atom. The topological polar surface area (TPSA) is 98.7 Å². The molecule has 8 heteroatoms. The van der Waals surface area contributed by atoms with Crippen molar-refractivity contribution >= 4 is 17.7 Å². The standard InChI is InChI=1S/C19H19N3O5/c1-10-7-13(18(24)20-14-9-17(23)21-19(14)25)11(2)22(10)12-3-4-15-16(8-12)27-6-5-26-15/h3-4,7-8,14H,5-6,9H2,1-2H3,(H,20,24)(H,21,23,25). The molecular formula is C19H19N3O5. The molecule has 0 saturated carbocycles. The number of hydrogen-bond acceptors (Lipinski definition) is 5. The van der Waals surface area contributed by atoms with E-state index in [2.05, 4.69) is 10.6 Å². The van der Waals surface area contributed by atoms with Gasteiger partial charge in [0.15, 0.2) is 11.5 Å². The lowest BCUT2D eigenvalue weighted by Gasteiger charge is -2.20. The van der Waals surface area contributed by atoms with Crippen LogP contribution in [-0.4, -0.2) is 41.5 Å². The summed E-state index contributed by atoms with van der Waals surface area (Å²) >= 11 is 0. The summed E-state index contributed by atoms with van der Waals surface area (Å²) in [5.41, 5.74) is 2.89. The Bertz CT molecular complexity index is 962. The van der Waals surface area contributed by atoms with Crippen molar-refractivity contribution in [3.63, 3.8) is 0 Å². The van der Waals surface area contributed by atoms with Crippen LogP contribution < -0.4 is 20.1 Å². The van der Waals surface area contributed by atoms with Crippen LogP contribution in [0.4, 0.5) is 0 Å². The molecule has 2 aliphatic rings. The minimum absolute atomic E-state index is 0.0362. The Hall–Kier alpha value is -3.29. The summed E-state index contributed by atoms with van der Waals surface area (Å²) in [4.78, 5) is 35.6. The molecule has 3 heterocycles. The summed E-state index contributed by atoms with van der Waals surface area (Å²) in [6.45, 7) is 4.75. The number of hydrogen-bond donors (Lipinski definition) is 2. The van der Waals surface area contributed by atoms with Gasteiger partial charge in [0.2, 0.25) is 11.8 Å². The Balaban J connectivity index is 1.63. The van der Waals surface area contributed by atoms with Gasteiger partial charge in [-0.1, -0.05) is 0 Å². The molecule has 2 aromatic rings. The average Bonchev–Trinajstić information content (AvgIpc) is 3.12. The van der Waals surface area contributed by atoms with Crippen LogP contribution in [0.2, 0.25) is 0 Å². The average molecular weight is 369 g/mol. The quantitative estimate of drug-likeness (QED) is 0.787. The highest BCUT2D eigenvalue weighted by molar-refractivity contribution is 6.08. The van der Waals surface area contributed by atoms with Crippen molar-refractivity contribution in [1.82, 2.24) is 15.2 Å². The number of aromatic nitrogens is 1. The Kier molecular flexibility index (Phi) is 4.10. The molecule has 0 spiro atoms. The highest BCUT2D eigenvalue weighted by atomic mass is 16.6. The third kappa shape index (κ3) is 3.03. The van der Waals surface area contributed by atoms with Crippen molar-refractivity contribution in [3.05, 3.63) is 41.2 Å². The third-order valence-corrected chi connectivity index (χ3v) is 4.73. The first kappa shape index (κ1) is 17.1. The molecule has 1 fully saturated rings. The van der Waals surface area contributed by atoms with E-state index in [4.69, 9.17) is 9.47 Å². The van der Waals surface area contributed by atoms with Crippen LogP contribution in [0, 0.1) is 13.8 Å². The second-order valence-corrected chi connectivity index (χ2v) is 6.59. The normalized spacial score (nSPS) is 18.4. The molecule has 1 saturated heterocycles. The van der Waals surface area contributed by atoms with Crippen LogP contribution in [0.5, 0.6) is 11.5 Å². The van der Waals surface area contributed by atoms with Crippen molar-refractivity contribution in [2.75, 3.05) is 13.2 Å². The van der Waals surface area contributed by atoms with Crippen molar-refractivity contribution in [3.8, 4) is 17.2 Å². The maximum Gasteiger partial charge on any atom is 0.253 e. The summed E-state index contributed by atoms with van der Waals surface area (Å²) < 4.78 is 13.1. The van der Waals surface area contributed by atoms with Crippen molar-refractivity contribution < 1.29 is 23.9 Å². The molecular weight excluding hydrogens is 350 g/mol. The van der Waals surface area contributed by atoms with Crippen molar-refractivity contribution in [2.45, 2.75) is 26.3 Å². The lowest BCUT2D eigenvalue weighted by Crippen LogP contribution is -2.40. The van der Waals surface area contributed by atoms with E-state index in [9.17, 15) is 14.4 Å². The largest absolute Gasteiger partial charge is 0.486 e. The second-order valence-electron chi connectivity index (χ2n) is 6.59. The molecule has 0 aliphatic carbocycles. The van der Waals surface area contributed by atoms with Crippen LogP contribution in [0.25, 0.3) is 5.69 Å². The molecule has 4 rings (SSSR count). The zero-order valence-electron chi connectivity index (χ0n) is 15.0. The zero-order chi connectivity index (χ0) is 19.1. The number of benzene rings is 1. The molecule has 2 N–H and O–H groups in total. The van der Waals surface area contributed by atoms with E-state index in [0.29, 0.717) is 30.3 Å². The zero-order valence-corrected chi connectivity index (χ0v) is 15.0. The third-order valence-electron chi connectivity index (χ3n) is 4.73. The Labute approximate surface area is 155 Å². The highest BCUT2D eigenvalue weighted by Gasteiger charge is 2.32. The summed E-state index contributed by atoms with van der Waals surface area (Å²) in [6.07, 6.45) is -0.0362. The lowest BCUT2D eigenvalue weighted by molar-refractivity contribution is -0.125. The maximum atomic E-state index is 12.6. The van der Waals surface area contributed by atoms with Crippen molar-refractivity contribution in [1.29, 1.82) is 0 Å². The highest BCUT2D eigenvalue weighted by Crippen LogP contribution is 2.33. The number of imide groups is 1. The van der Waals surface area contributed by atoms with Gasteiger partial charge in [-0.3, -0.25) is 19.7 Å². The van der Waals surface area contributed by atoms with Crippen LogP contribution in [0.3, 0.4) is 0 Å². The smallest absolute Gasteiger partial charge is 0.253 e. The van der Waals surface area contributed by atoms with Gasteiger partial charge in [-0.15, -0.1) is 0 Å². The molecule has 140 valence electrons. The van der Waals surface area contributed by atoms with Gasteiger partial charge in [-0.2, -0.15) is 0 Å². The van der Waals surface area contributed by atoms with Gasteiger partial charge < -0.3 is 19.4 Å². The minimum atomic E-state index is -0.831. The molecule has 0 radical (unpaired) electrons. The van der Waals surface area contributed by atoms with Gasteiger partial charge in [0, 0.05) is 23.1 Å². The molecule has 1 aromatic heterocycles. The number of nitrogens with one attached hydrogen (secondary N) is 2. The second kappa shape index (κ2) is 6.46. The maximum absolute atomic E-state index is 12.6. The summed E-state index contributed by atoms with van der Waals surface area (Å²) in [5.74, 6) is 0.114. The van der Waals surface area contributed by atoms with Crippen LogP contribution in [0.15, 0.2) is 24.3 Å². The molecule has 27 heavy (non-hydrogen) atoms. The number of amides is 3. The summed E-state index contributed by atoms with van der Waals surface area (Å²) in [5, 5.41) is 4.81. The fourth-order valence-corrected chi connectivity index (χ4v) is 3.47. The van der Waals surface area contributed by atoms with E-state index in [1.54, 1.807) is 6.07 Å². The molecule has 0 bridgehead atoms. The molecule has 1 aromatic carbocycles. The van der Waals surface area contributed by atoms with E-state index in [1.165, 1.54) is 0 Å². The van der Waals surface area contributed by atoms with E-state index < -0.39 is 11.9 Å². The molecule has 8 nitrogen and oxygen atoms in total. The van der Waals surface area contributed by atoms with E-state index in [0.717, 1.165) is 17.1 Å². The summed E-state index contributed by atoms with van der Waals surface area (Å²) in [6, 6.07) is 6.55. The van der Waals surface area contributed by atoms with Gasteiger partial charge in [-0.05, 0) is 32.0 Å². The minimum Gasteiger partial charge on any atom is -0.486 e. The van der Waals surface area contributed by atoms with Gasteiger partial charge in [0.25, 0.3) is 5.91 Å². The first-order valence-corrected chi connectivity index (χ1v) is 8.67. The van der Waals surface area contributed by atoms with E-state index >= 15 is 0 Å². The van der Waals surface area contributed by atoms with Crippen LogP contribution >= 0.6 is 0 Å². The number of rotatable bonds is 3. The van der Waals surface area contributed by atoms with Gasteiger partial charge in [0.05, 0.1) is 12.0 Å². The molecule has 1 atom stereocenters. The van der Waals surface area contributed by atoms with E-state index in [1.807, 2.05) is 36.6 Å². The first-order valence-electron chi connectivity index (χ1n) is 8.67. The number of ether oxygens (including phenoxy) is 2. The van der Waals surface area contributed by atoms with Crippen molar-refractivity contribution in [2.24, 2.45) is 0 Å². The number of aryl methyl sites for hydroxylation is 1. The fourth-order valence-electron chi connectivity index (χ4n) is 3.47. The number of carbonyl (C=O) groups excluding carboxylic acids is 3. The molecule has 2 aliphatic heterocycles. The number of nitrogens with zero attached hydrogens (tertiary/aromatic N) is 1. The fraction of sp³-hybridized carbons (Fsp3) is 0.316. The number of fused-ring (bicyclic) bond motifs is 1. The van der Waals surface area contributed by atoms with Crippen LogP contribution in [0.1, 0.15) is 28.2 Å². The van der Waals surface area contributed by atoms with Gasteiger partial charge in [0.1, 0.15) is 19.3 Å². The predicted octanol–water partition coefficient (Wildman–Crippen LogP) is 1.01. The monoisotopic (exact) mass is 369 g/mol. The van der Waals surface area contributed by atoms with Gasteiger partial charge in [-0.25, -0.2) is 0 Å². The van der Waals surface area contributed by atoms with Gasteiger partial charge >= 0.3 is 0 Å². The summed E-state index contributed by atoms with van der Waals surface area (Å²) in [7, 11) is 0. The predicted molar refractivity (Wildman–Crippen MR) is 95.3 cm³/mol. The molecule has 3 amide bonds. The first-order chi connectivity index (χ1) is 12.9.